The highest BCUT2D eigenvalue weighted by Gasteiger charge is 2.45. The van der Waals surface area contributed by atoms with Crippen molar-refractivity contribution < 1.29 is 14.7 Å². The SMILES string of the molecule is CCCC1(C(=O)O)CCN(C(=O)c2cc(C)nn2CC)C1. The molecule has 1 atom stereocenters. The Morgan fingerprint density at radius 3 is 2.71 bits per heavy atom. The number of carbonyl (C=O) groups excluding carboxylic acids is 1. The first-order valence-corrected chi connectivity index (χ1v) is 7.50. The second-order valence-corrected chi connectivity index (χ2v) is 5.80. The second-order valence-electron chi connectivity index (χ2n) is 5.80. The molecule has 0 aromatic carbocycles. The summed E-state index contributed by atoms with van der Waals surface area (Å²) < 4.78 is 1.68. The summed E-state index contributed by atoms with van der Waals surface area (Å²) in [4.78, 5) is 25.9. The van der Waals surface area contributed by atoms with Gasteiger partial charge in [-0.25, -0.2) is 0 Å². The third-order valence-corrected chi connectivity index (χ3v) is 4.24. The van der Waals surface area contributed by atoms with Gasteiger partial charge in [-0.15, -0.1) is 0 Å². The molecule has 1 aromatic rings. The molecule has 6 heteroatoms. The lowest BCUT2D eigenvalue weighted by Crippen LogP contribution is -2.37. The van der Waals surface area contributed by atoms with Crippen LogP contribution in [0.25, 0.3) is 0 Å². The monoisotopic (exact) mass is 293 g/mol. The third kappa shape index (κ3) is 2.80. The van der Waals surface area contributed by atoms with E-state index in [0.717, 1.165) is 12.1 Å². The van der Waals surface area contributed by atoms with Gasteiger partial charge >= 0.3 is 5.97 Å². The first-order valence-electron chi connectivity index (χ1n) is 7.50. The van der Waals surface area contributed by atoms with Crippen LogP contribution in [0.5, 0.6) is 0 Å². The number of aromatic nitrogens is 2. The van der Waals surface area contributed by atoms with Gasteiger partial charge in [-0.05, 0) is 32.8 Å². The van der Waals surface area contributed by atoms with Crippen LogP contribution in [0, 0.1) is 12.3 Å². The number of carboxylic acid groups (broad SMARTS) is 1. The molecule has 1 aliphatic rings. The van der Waals surface area contributed by atoms with Crippen LogP contribution in [-0.4, -0.2) is 44.8 Å². The van der Waals surface area contributed by atoms with E-state index in [2.05, 4.69) is 5.10 Å². The Hall–Kier alpha value is -1.85. The van der Waals surface area contributed by atoms with Gasteiger partial charge in [0.25, 0.3) is 5.91 Å². The van der Waals surface area contributed by atoms with E-state index < -0.39 is 11.4 Å². The van der Waals surface area contributed by atoms with Crippen LogP contribution in [-0.2, 0) is 11.3 Å². The van der Waals surface area contributed by atoms with Gasteiger partial charge in [0, 0.05) is 19.6 Å². The van der Waals surface area contributed by atoms with Crippen LogP contribution >= 0.6 is 0 Å². The van der Waals surface area contributed by atoms with E-state index in [4.69, 9.17) is 0 Å². The fourth-order valence-electron chi connectivity index (χ4n) is 3.13. The molecule has 1 aromatic heterocycles. The van der Waals surface area contributed by atoms with Gasteiger partial charge in [0.2, 0.25) is 0 Å². The van der Waals surface area contributed by atoms with E-state index in [9.17, 15) is 14.7 Å². The number of aliphatic carboxylic acids is 1. The molecule has 0 saturated carbocycles. The molecule has 1 fully saturated rings. The van der Waals surface area contributed by atoms with Crippen molar-refractivity contribution in [2.24, 2.45) is 5.41 Å². The van der Waals surface area contributed by atoms with E-state index in [1.807, 2.05) is 20.8 Å². The lowest BCUT2D eigenvalue weighted by atomic mass is 9.83. The predicted molar refractivity (Wildman–Crippen MR) is 78.1 cm³/mol. The summed E-state index contributed by atoms with van der Waals surface area (Å²) in [5.41, 5.74) is 0.571. The van der Waals surface area contributed by atoms with Crippen molar-refractivity contribution in [2.45, 2.75) is 46.6 Å². The van der Waals surface area contributed by atoms with Crippen molar-refractivity contribution in [1.29, 1.82) is 0 Å². The first kappa shape index (κ1) is 15.5. The predicted octanol–water partition coefficient (Wildman–Crippen LogP) is 1.93. The molecule has 2 rings (SSSR count). The standard InChI is InChI=1S/C15H23N3O3/c1-4-6-15(14(20)21)7-8-17(10-15)13(19)12-9-11(3)16-18(12)5-2/h9H,4-8,10H2,1-3H3,(H,20,21). The summed E-state index contributed by atoms with van der Waals surface area (Å²) in [7, 11) is 0. The van der Waals surface area contributed by atoms with E-state index in [1.165, 1.54) is 0 Å². The number of nitrogens with zero attached hydrogens (tertiary/aromatic N) is 3. The molecule has 21 heavy (non-hydrogen) atoms. The first-order chi connectivity index (χ1) is 9.93. The molecule has 1 amide bonds. The van der Waals surface area contributed by atoms with Gasteiger partial charge in [0.05, 0.1) is 11.1 Å². The van der Waals surface area contributed by atoms with Gasteiger partial charge in [0.15, 0.2) is 0 Å². The normalized spacial score (nSPS) is 21.8. The lowest BCUT2D eigenvalue weighted by Gasteiger charge is -2.24. The van der Waals surface area contributed by atoms with E-state index in [-0.39, 0.29) is 5.91 Å². The summed E-state index contributed by atoms with van der Waals surface area (Å²) in [5.74, 6) is -0.906. The van der Waals surface area contributed by atoms with Crippen LogP contribution < -0.4 is 0 Å². The maximum absolute atomic E-state index is 12.6. The zero-order valence-electron chi connectivity index (χ0n) is 12.9. The Kier molecular flexibility index (Phi) is 4.34. The minimum Gasteiger partial charge on any atom is -0.481 e. The largest absolute Gasteiger partial charge is 0.481 e. The van der Waals surface area contributed by atoms with Crippen LogP contribution in [0.3, 0.4) is 0 Å². The van der Waals surface area contributed by atoms with Gasteiger partial charge in [-0.3, -0.25) is 14.3 Å². The number of hydrogen-bond acceptors (Lipinski definition) is 3. The van der Waals surface area contributed by atoms with Gasteiger partial charge < -0.3 is 10.0 Å². The number of likely N-dealkylation sites (tertiary alicyclic amines) is 1. The average Bonchev–Trinajstić information content (AvgIpc) is 3.03. The minimum absolute atomic E-state index is 0.114. The molecular formula is C15H23N3O3. The molecule has 1 N–H and O–H groups in total. The fraction of sp³-hybridized carbons (Fsp3) is 0.667. The van der Waals surface area contributed by atoms with E-state index in [1.54, 1.807) is 15.6 Å². The number of carbonyl (C=O) groups is 2. The highest BCUT2D eigenvalue weighted by atomic mass is 16.4. The second kappa shape index (κ2) is 5.87. The van der Waals surface area contributed by atoms with Crippen molar-refractivity contribution in [3.63, 3.8) is 0 Å². The summed E-state index contributed by atoms with van der Waals surface area (Å²) >= 11 is 0. The number of rotatable bonds is 5. The molecule has 0 spiro atoms. The molecular weight excluding hydrogens is 270 g/mol. The minimum atomic E-state index is -0.792. The zero-order valence-corrected chi connectivity index (χ0v) is 12.9. The van der Waals surface area contributed by atoms with Crippen LogP contribution in [0.1, 0.15) is 49.3 Å². The number of amides is 1. The topological polar surface area (TPSA) is 75.4 Å². The van der Waals surface area contributed by atoms with Crippen molar-refractivity contribution >= 4 is 11.9 Å². The lowest BCUT2D eigenvalue weighted by molar-refractivity contribution is -0.148. The maximum atomic E-state index is 12.6. The highest BCUT2D eigenvalue weighted by molar-refractivity contribution is 5.93. The summed E-state index contributed by atoms with van der Waals surface area (Å²) in [5, 5.41) is 13.8. The zero-order chi connectivity index (χ0) is 15.6. The van der Waals surface area contributed by atoms with Gasteiger partial charge in [-0.1, -0.05) is 13.3 Å². The molecule has 1 aliphatic heterocycles. The average molecular weight is 293 g/mol. The number of aryl methyl sites for hydroxylation is 2. The molecule has 1 unspecified atom stereocenters. The molecule has 2 heterocycles. The molecule has 1 saturated heterocycles. The molecule has 0 radical (unpaired) electrons. The molecule has 0 aliphatic carbocycles. The Labute approximate surface area is 124 Å². The highest BCUT2D eigenvalue weighted by Crippen LogP contribution is 2.36. The van der Waals surface area contributed by atoms with Crippen LogP contribution in [0.4, 0.5) is 0 Å². The maximum Gasteiger partial charge on any atom is 0.311 e. The smallest absolute Gasteiger partial charge is 0.311 e. The van der Waals surface area contributed by atoms with Gasteiger partial charge in [-0.2, -0.15) is 5.10 Å². The molecule has 116 valence electrons. The van der Waals surface area contributed by atoms with E-state index in [0.29, 0.717) is 38.2 Å². The summed E-state index contributed by atoms with van der Waals surface area (Å²) in [6.07, 6.45) is 1.94. The Bertz CT molecular complexity index is 552. The quantitative estimate of drug-likeness (QED) is 0.900. The number of carboxylic acids is 1. The summed E-state index contributed by atoms with van der Waals surface area (Å²) in [6.45, 7) is 7.19. The van der Waals surface area contributed by atoms with Crippen LogP contribution in [0.15, 0.2) is 6.07 Å². The van der Waals surface area contributed by atoms with Gasteiger partial charge in [0.1, 0.15) is 5.69 Å². The van der Waals surface area contributed by atoms with Crippen LogP contribution in [0.2, 0.25) is 0 Å². The Balaban J connectivity index is 2.20. The van der Waals surface area contributed by atoms with Crippen molar-refractivity contribution in [3.8, 4) is 0 Å². The Morgan fingerprint density at radius 1 is 1.43 bits per heavy atom. The van der Waals surface area contributed by atoms with Crippen molar-refractivity contribution in [1.82, 2.24) is 14.7 Å². The number of hydrogen-bond donors (Lipinski definition) is 1. The summed E-state index contributed by atoms with van der Waals surface area (Å²) in [6, 6.07) is 1.77. The van der Waals surface area contributed by atoms with Crippen molar-refractivity contribution in [2.75, 3.05) is 13.1 Å². The van der Waals surface area contributed by atoms with E-state index >= 15 is 0 Å². The molecule has 0 bridgehead atoms. The third-order valence-electron chi connectivity index (χ3n) is 4.24. The molecule has 6 nitrogen and oxygen atoms in total. The Morgan fingerprint density at radius 2 is 2.14 bits per heavy atom. The fourth-order valence-corrected chi connectivity index (χ4v) is 3.13. The van der Waals surface area contributed by atoms with Crippen molar-refractivity contribution in [3.05, 3.63) is 17.5 Å².